The monoisotopic (exact) mass is 468 g/mol. The van der Waals surface area contributed by atoms with Gasteiger partial charge in [-0.3, -0.25) is 4.99 Å². The molecule has 4 rings (SSSR count). The Morgan fingerprint density at radius 2 is 2.17 bits per heavy atom. The molecule has 2 aliphatic heterocycles. The highest BCUT2D eigenvalue weighted by Crippen LogP contribution is 2.27. The maximum atomic E-state index is 8.19. The van der Waals surface area contributed by atoms with Crippen molar-refractivity contribution in [3.8, 4) is 11.8 Å². The number of dihydropyridines is 1. The summed E-state index contributed by atoms with van der Waals surface area (Å²) >= 11 is 0. The third-order valence-electron chi connectivity index (χ3n) is 6.92. The summed E-state index contributed by atoms with van der Waals surface area (Å²) in [5, 5.41) is 8.19. The highest BCUT2D eigenvalue weighted by Gasteiger charge is 2.29. The quantitative estimate of drug-likeness (QED) is 0.447. The summed E-state index contributed by atoms with van der Waals surface area (Å²) in [6.45, 7) is 10.8. The molecule has 6 heteroatoms. The smallest absolute Gasteiger partial charge is 0.250 e. The topological polar surface area (TPSA) is 77.6 Å². The zero-order valence-corrected chi connectivity index (χ0v) is 21.0. The van der Waals surface area contributed by atoms with Gasteiger partial charge in [0.25, 0.3) is 0 Å². The van der Waals surface area contributed by atoms with E-state index in [0.29, 0.717) is 30.0 Å². The molecule has 3 atom stereocenters. The Bertz CT molecular complexity index is 1130. The van der Waals surface area contributed by atoms with Crippen molar-refractivity contribution in [2.45, 2.75) is 52.4 Å². The molecule has 3 aliphatic rings. The van der Waals surface area contributed by atoms with Crippen molar-refractivity contribution in [2.24, 2.45) is 27.7 Å². The van der Waals surface area contributed by atoms with E-state index in [-0.39, 0.29) is 5.92 Å². The molecule has 182 valence electrons. The highest BCUT2D eigenvalue weighted by molar-refractivity contribution is 6.05. The molecule has 1 aliphatic carbocycles. The van der Waals surface area contributed by atoms with Gasteiger partial charge in [0.05, 0.1) is 18.2 Å². The first kappa shape index (κ1) is 24.8. The molecule has 35 heavy (non-hydrogen) atoms. The van der Waals surface area contributed by atoms with Gasteiger partial charge in [-0.2, -0.15) is 0 Å². The Kier molecular flexibility index (Phi) is 8.41. The number of amidine groups is 1. The molecule has 1 saturated heterocycles. The number of aliphatic imine (C=N–C) groups is 2. The van der Waals surface area contributed by atoms with Crippen LogP contribution in [0.15, 0.2) is 53.1 Å². The van der Waals surface area contributed by atoms with Gasteiger partial charge in [0.2, 0.25) is 5.95 Å². The van der Waals surface area contributed by atoms with Crippen molar-refractivity contribution >= 4 is 28.8 Å². The van der Waals surface area contributed by atoms with Crippen LogP contribution >= 0.6 is 0 Å². The molecule has 0 spiro atoms. The van der Waals surface area contributed by atoms with E-state index < -0.39 is 0 Å². The molecule has 3 unspecified atom stereocenters. The molecule has 0 aromatic carbocycles. The lowest BCUT2D eigenvalue weighted by atomic mass is 9.96. The van der Waals surface area contributed by atoms with Crippen LogP contribution in [0.25, 0.3) is 5.57 Å². The van der Waals surface area contributed by atoms with E-state index in [0.717, 1.165) is 74.4 Å². The lowest BCUT2D eigenvalue weighted by Crippen LogP contribution is -2.35. The standard InChI is InChI=1S/C29H36N6/c1-4-7-8-9-23-18-24(19-32-28(23)35-17-15-21(5-2)20-35)27-14-16-31-29(34-27)33-25-11-10-22(6-3)26(30)13-12-25/h5,12-14,16,18,21-23,30H,2,4,6-7,10-11,15,17,19-20H2,1,3H3. The van der Waals surface area contributed by atoms with Gasteiger partial charge in [0, 0.05) is 43.0 Å². The van der Waals surface area contributed by atoms with Crippen LogP contribution in [0.2, 0.25) is 0 Å². The fourth-order valence-corrected chi connectivity index (χ4v) is 4.77. The van der Waals surface area contributed by atoms with E-state index >= 15 is 0 Å². The number of nitrogens with zero attached hydrogens (tertiary/aromatic N) is 5. The molecule has 1 aromatic rings. The van der Waals surface area contributed by atoms with E-state index in [2.05, 4.69) is 54.3 Å². The summed E-state index contributed by atoms with van der Waals surface area (Å²) in [5.74, 6) is 9.12. The van der Waals surface area contributed by atoms with Crippen LogP contribution in [-0.2, 0) is 0 Å². The van der Waals surface area contributed by atoms with Crippen molar-refractivity contribution in [3.05, 3.63) is 48.8 Å². The molecule has 1 fully saturated rings. The molecule has 0 saturated carbocycles. The van der Waals surface area contributed by atoms with Gasteiger partial charge in [-0.15, -0.1) is 12.5 Å². The second-order valence-electron chi connectivity index (χ2n) is 9.42. The van der Waals surface area contributed by atoms with Crippen LogP contribution in [-0.4, -0.2) is 51.8 Å². The van der Waals surface area contributed by atoms with Gasteiger partial charge >= 0.3 is 0 Å². The van der Waals surface area contributed by atoms with E-state index in [1.54, 1.807) is 6.20 Å². The van der Waals surface area contributed by atoms with Gasteiger partial charge in [0.15, 0.2) is 0 Å². The molecule has 0 amide bonds. The van der Waals surface area contributed by atoms with Crippen LogP contribution < -0.4 is 0 Å². The molecular formula is C29H36N6. The van der Waals surface area contributed by atoms with Crippen molar-refractivity contribution in [1.82, 2.24) is 14.9 Å². The van der Waals surface area contributed by atoms with E-state index in [1.165, 1.54) is 0 Å². The second-order valence-corrected chi connectivity index (χ2v) is 9.42. The average molecular weight is 469 g/mol. The van der Waals surface area contributed by atoms with Gasteiger partial charge in [-0.25, -0.2) is 15.0 Å². The first-order valence-electron chi connectivity index (χ1n) is 12.9. The van der Waals surface area contributed by atoms with Crippen LogP contribution in [0, 0.1) is 35.0 Å². The van der Waals surface area contributed by atoms with Crippen molar-refractivity contribution in [1.29, 1.82) is 5.41 Å². The molecule has 1 N–H and O–H groups in total. The fourth-order valence-electron chi connectivity index (χ4n) is 4.77. The predicted octanol–water partition coefficient (Wildman–Crippen LogP) is 5.67. The number of hydrogen-bond acceptors (Lipinski definition) is 6. The molecule has 3 heterocycles. The number of hydrogen-bond donors (Lipinski definition) is 1. The second kappa shape index (κ2) is 11.9. The first-order valence-corrected chi connectivity index (χ1v) is 12.9. The number of allylic oxidation sites excluding steroid dienone is 2. The Hall–Kier alpha value is -3.33. The highest BCUT2D eigenvalue weighted by atomic mass is 15.2. The lowest BCUT2D eigenvalue weighted by Gasteiger charge is -2.27. The predicted molar refractivity (Wildman–Crippen MR) is 145 cm³/mol. The summed E-state index contributed by atoms with van der Waals surface area (Å²) < 4.78 is 0. The summed E-state index contributed by atoms with van der Waals surface area (Å²) in [5.41, 5.74) is 3.53. The third-order valence-corrected chi connectivity index (χ3v) is 6.92. The van der Waals surface area contributed by atoms with Crippen molar-refractivity contribution in [2.75, 3.05) is 19.6 Å². The normalized spacial score (nSPS) is 25.5. The van der Waals surface area contributed by atoms with E-state index in [1.807, 2.05) is 18.2 Å². The first-order chi connectivity index (χ1) is 17.1. The Labute approximate surface area is 209 Å². The minimum Gasteiger partial charge on any atom is -0.358 e. The number of aromatic nitrogens is 2. The van der Waals surface area contributed by atoms with Crippen LogP contribution in [0.5, 0.6) is 0 Å². The minimum atomic E-state index is -0.0274. The Balaban J connectivity index is 1.56. The number of unbranched alkanes of at least 4 members (excludes halogenated alkanes) is 1. The largest absolute Gasteiger partial charge is 0.358 e. The Morgan fingerprint density at radius 1 is 1.29 bits per heavy atom. The Morgan fingerprint density at radius 3 is 2.94 bits per heavy atom. The van der Waals surface area contributed by atoms with Gasteiger partial charge < -0.3 is 10.3 Å². The maximum absolute atomic E-state index is 8.19. The van der Waals surface area contributed by atoms with Gasteiger partial charge in [-0.05, 0) is 61.8 Å². The van der Waals surface area contributed by atoms with Crippen LogP contribution in [0.3, 0.4) is 0 Å². The van der Waals surface area contributed by atoms with Crippen LogP contribution in [0.1, 0.15) is 58.1 Å². The molecule has 6 nitrogen and oxygen atoms in total. The third kappa shape index (κ3) is 6.22. The van der Waals surface area contributed by atoms with Gasteiger partial charge in [-0.1, -0.05) is 31.9 Å². The van der Waals surface area contributed by atoms with E-state index in [9.17, 15) is 0 Å². The van der Waals surface area contributed by atoms with Crippen molar-refractivity contribution in [3.63, 3.8) is 0 Å². The molecule has 1 aromatic heterocycles. The summed E-state index contributed by atoms with van der Waals surface area (Å²) in [4.78, 5) is 21.2. The SMILES string of the molecule is C=CC1CCN(C2=NCC(c3ccnc(N=C4C=CC(=N)C(CC)CC4)n3)=CC2C#CCCC)C1. The van der Waals surface area contributed by atoms with E-state index in [4.69, 9.17) is 20.4 Å². The molecule has 0 bridgehead atoms. The van der Waals surface area contributed by atoms with Crippen LogP contribution in [0.4, 0.5) is 5.95 Å². The number of rotatable bonds is 5. The maximum Gasteiger partial charge on any atom is 0.250 e. The zero-order chi connectivity index (χ0) is 24.6. The lowest BCUT2D eigenvalue weighted by molar-refractivity contribution is 0.487. The van der Waals surface area contributed by atoms with Crippen molar-refractivity contribution < 1.29 is 0 Å². The summed E-state index contributed by atoms with van der Waals surface area (Å²) in [6, 6.07) is 1.93. The minimum absolute atomic E-state index is 0.0274. The average Bonchev–Trinajstić information content (AvgIpc) is 3.29. The number of nitrogens with one attached hydrogen (secondary N) is 1. The fraction of sp³-hybridized carbons (Fsp3) is 0.483. The summed E-state index contributed by atoms with van der Waals surface area (Å²) in [7, 11) is 0. The molecular weight excluding hydrogens is 432 g/mol. The zero-order valence-electron chi connectivity index (χ0n) is 21.0. The number of likely N-dealkylation sites (tertiary alicyclic amines) is 1. The van der Waals surface area contributed by atoms with Gasteiger partial charge in [0.1, 0.15) is 5.84 Å². The summed E-state index contributed by atoms with van der Waals surface area (Å²) in [6.07, 6.45) is 15.7. The molecule has 0 radical (unpaired) electrons.